The summed E-state index contributed by atoms with van der Waals surface area (Å²) in [5.41, 5.74) is 0. The Kier molecular flexibility index (Phi) is 3.98. The molecule has 0 spiro atoms. The Hall–Kier alpha value is -1.55. The molecule has 1 amide bonds. The van der Waals surface area contributed by atoms with Crippen LogP contribution in [0.2, 0.25) is 0 Å². The number of carbonyl (C=O) groups excluding carboxylic acids is 1. The molecule has 2 heterocycles. The second kappa shape index (κ2) is 5.68. The van der Waals surface area contributed by atoms with Crippen LogP contribution in [0.25, 0.3) is 6.08 Å². The second-order valence-corrected chi connectivity index (χ2v) is 4.43. The maximum Gasteiger partial charge on any atom is 0.244 e. The summed E-state index contributed by atoms with van der Waals surface area (Å²) in [6.07, 6.45) is 6.85. The lowest BCUT2D eigenvalue weighted by molar-refractivity contribution is -0.117. The molecule has 0 bridgehead atoms. The van der Waals surface area contributed by atoms with Gasteiger partial charge in [-0.05, 0) is 51.2 Å². The van der Waals surface area contributed by atoms with Gasteiger partial charge in [-0.2, -0.15) is 0 Å². The minimum Gasteiger partial charge on any atom is -0.465 e. The van der Waals surface area contributed by atoms with Crippen LogP contribution in [0, 0.1) is 0 Å². The number of nitrogens with zero attached hydrogens (tertiary/aromatic N) is 1. The van der Waals surface area contributed by atoms with Gasteiger partial charge in [0.1, 0.15) is 5.76 Å². The molecule has 1 N–H and O–H groups in total. The summed E-state index contributed by atoms with van der Waals surface area (Å²) in [7, 11) is 2.11. The summed E-state index contributed by atoms with van der Waals surface area (Å²) in [6, 6.07) is 3.92. The molecule has 17 heavy (non-hydrogen) atoms. The average Bonchev–Trinajstić information content (AvgIpc) is 2.83. The number of amides is 1. The van der Waals surface area contributed by atoms with Gasteiger partial charge < -0.3 is 14.6 Å². The van der Waals surface area contributed by atoms with Gasteiger partial charge in [-0.25, -0.2) is 0 Å². The molecule has 1 aliphatic rings. The summed E-state index contributed by atoms with van der Waals surface area (Å²) >= 11 is 0. The Balaban J connectivity index is 1.77. The van der Waals surface area contributed by atoms with Crippen LogP contribution < -0.4 is 5.32 Å². The molecule has 0 saturated carbocycles. The predicted molar refractivity (Wildman–Crippen MR) is 66.4 cm³/mol. The minimum absolute atomic E-state index is 0.0454. The van der Waals surface area contributed by atoms with Gasteiger partial charge in [0.05, 0.1) is 6.26 Å². The van der Waals surface area contributed by atoms with E-state index in [4.69, 9.17) is 4.42 Å². The van der Waals surface area contributed by atoms with Gasteiger partial charge in [-0.3, -0.25) is 4.79 Å². The summed E-state index contributed by atoms with van der Waals surface area (Å²) in [4.78, 5) is 13.9. The van der Waals surface area contributed by atoms with Crippen LogP contribution in [0.1, 0.15) is 18.6 Å². The highest BCUT2D eigenvalue weighted by atomic mass is 16.3. The second-order valence-electron chi connectivity index (χ2n) is 4.43. The number of rotatable bonds is 3. The molecule has 0 radical (unpaired) electrons. The van der Waals surface area contributed by atoms with Crippen molar-refractivity contribution in [2.45, 2.75) is 18.9 Å². The Bertz CT molecular complexity index is 376. The largest absolute Gasteiger partial charge is 0.465 e. The third kappa shape index (κ3) is 3.75. The number of furan rings is 1. The van der Waals surface area contributed by atoms with Gasteiger partial charge in [-0.1, -0.05) is 0 Å². The summed E-state index contributed by atoms with van der Waals surface area (Å²) in [5, 5.41) is 3.01. The molecule has 1 aromatic heterocycles. The van der Waals surface area contributed by atoms with E-state index >= 15 is 0 Å². The lowest BCUT2D eigenvalue weighted by Gasteiger charge is -2.29. The highest BCUT2D eigenvalue weighted by molar-refractivity contribution is 5.91. The molecule has 2 rings (SSSR count). The monoisotopic (exact) mass is 234 g/mol. The highest BCUT2D eigenvalue weighted by Crippen LogP contribution is 2.08. The molecule has 4 heteroatoms. The van der Waals surface area contributed by atoms with Gasteiger partial charge in [0.25, 0.3) is 0 Å². The first kappa shape index (κ1) is 11.9. The number of hydrogen-bond acceptors (Lipinski definition) is 3. The van der Waals surface area contributed by atoms with Crippen molar-refractivity contribution in [3.05, 3.63) is 30.2 Å². The highest BCUT2D eigenvalue weighted by Gasteiger charge is 2.17. The van der Waals surface area contributed by atoms with E-state index in [0.717, 1.165) is 25.9 Å². The van der Waals surface area contributed by atoms with Gasteiger partial charge in [0, 0.05) is 12.1 Å². The first-order valence-corrected chi connectivity index (χ1v) is 5.94. The molecular weight excluding hydrogens is 216 g/mol. The van der Waals surface area contributed by atoms with Crippen molar-refractivity contribution in [2.75, 3.05) is 20.1 Å². The number of piperidine rings is 1. The van der Waals surface area contributed by atoms with Crippen molar-refractivity contribution < 1.29 is 9.21 Å². The van der Waals surface area contributed by atoms with E-state index in [1.807, 2.05) is 6.07 Å². The van der Waals surface area contributed by atoms with E-state index in [9.17, 15) is 4.79 Å². The number of nitrogens with one attached hydrogen (secondary N) is 1. The third-order valence-corrected chi connectivity index (χ3v) is 3.01. The third-order valence-electron chi connectivity index (χ3n) is 3.01. The zero-order chi connectivity index (χ0) is 12.1. The number of likely N-dealkylation sites (tertiary alicyclic amines) is 1. The summed E-state index contributed by atoms with van der Waals surface area (Å²) < 4.78 is 5.11. The molecule has 4 nitrogen and oxygen atoms in total. The molecule has 1 aliphatic heterocycles. The molecule has 1 aromatic rings. The topological polar surface area (TPSA) is 45.5 Å². The SMILES string of the molecule is CN1CCC(NC(=O)/C=C/c2ccco2)CC1. The fourth-order valence-electron chi connectivity index (χ4n) is 1.95. The molecule has 1 saturated heterocycles. The zero-order valence-electron chi connectivity index (χ0n) is 10.1. The van der Waals surface area contributed by atoms with Crippen molar-refractivity contribution in [1.29, 1.82) is 0 Å². The van der Waals surface area contributed by atoms with Crippen molar-refractivity contribution in [2.24, 2.45) is 0 Å². The normalized spacial score (nSPS) is 18.6. The van der Waals surface area contributed by atoms with E-state index in [1.54, 1.807) is 18.4 Å². The summed E-state index contributed by atoms with van der Waals surface area (Å²) in [6.45, 7) is 2.10. The van der Waals surface area contributed by atoms with Crippen LogP contribution in [0.4, 0.5) is 0 Å². The fourth-order valence-corrected chi connectivity index (χ4v) is 1.95. The van der Waals surface area contributed by atoms with Crippen molar-refractivity contribution in [1.82, 2.24) is 10.2 Å². The molecule has 0 atom stereocenters. The van der Waals surface area contributed by atoms with Crippen LogP contribution in [0.15, 0.2) is 28.9 Å². The van der Waals surface area contributed by atoms with Crippen LogP contribution in [-0.4, -0.2) is 37.0 Å². The van der Waals surface area contributed by atoms with Crippen molar-refractivity contribution >= 4 is 12.0 Å². The first-order chi connectivity index (χ1) is 8.24. The molecule has 0 aliphatic carbocycles. The van der Waals surface area contributed by atoms with Crippen LogP contribution in [0.3, 0.4) is 0 Å². The van der Waals surface area contributed by atoms with Crippen LogP contribution >= 0.6 is 0 Å². The fraction of sp³-hybridized carbons (Fsp3) is 0.462. The average molecular weight is 234 g/mol. The van der Waals surface area contributed by atoms with E-state index in [2.05, 4.69) is 17.3 Å². The molecule has 1 fully saturated rings. The maximum absolute atomic E-state index is 11.6. The van der Waals surface area contributed by atoms with Gasteiger partial charge in [-0.15, -0.1) is 0 Å². The lowest BCUT2D eigenvalue weighted by Crippen LogP contribution is -2.42. The Morgan fingerprint density at radius 1 is 1.53 bits per heavy atom. The lowest BCUT2D eigenvalue weighted by atomic mass is 10.1. The molecule has 0 unspecified atom stereocenters. The number of hydrogen-bond donors (Lipinski definition) is 1. The quantitative estimate of drug-likeness (QED) is 0.806. The molecular formula is C13H18N2O2. The number of carbonyl (C=O) groups is 1. The van der Waals surface area contributed by atoms with E-state index in [1.165, 1.54) is 6.08 Å². The smallest absolute Gasteiger partial charge is 0.244 e. The Labute approximate surface area is 101 Å². The van der Waals surface area contributed by atoms with Gasteiger partial charge in [0.2, 0.25) is 5.91 Å². The zero-order valence-corrected chi connectivity index (χ0v) is 10.1. The summed E-state index contributed by atoms with van der Waals surface area (Å²) in [5.74, 6) is 0.652. The van der Waals surface area contributed by atoms with Crippen molar-refractivity contribution in [3.8, 4) is 0 Å². The van der Waals surface area contributed by atoms with Crippen molar-refractivity contribution in [3.63, 3.8) is 0 Å². The standard InChI is InChI=1S/C13H18N2O2/c1-15-8-6-11(7-9-15)14-13(16)5-4-12-3-2-10-17-12/h2-5,10-11H,6-9H2,1H3,(H,14,16)/b5-4+. The van der Waals surface area contributed by atoms with Crippen LogP contribution in [-0.2, 0) is 4.79 Å². The molecule has 0 aromatic carbocycles. The minimum atomic E-state index is -0.0454. The molecule has 92 valence electrons. The van der Waals surface area contributed by atoms with Gasteiger partial charge >= 0.3 is 0 Å². The van der Waals surface area contributed by atoms with E-state index in [-0.39, 0.29) is 5.91 Å². The first-order valence-electron chi connectivity index (χ1n) is 5.94. The maximum atomic E-state index is 11.6. The Morgan fingerprint density at radius 3 is 2.94 bits per heavy atom. The Morgan fingerprint density at radius 2 is 2.29 bits per heavy atom. The van der Waals surface area contributed by atoms with Crippen LogP contribution in [0.5, 0.6) is 0 Å². The van der Waals surface area contributed by atoms with Gasteiger partial charge in [0.15, 0.2) is 0 Å². The predicted octanol–water partition coefficient (Wildman–Crippen LogP) is 1.50. The van der Waals surface area contributed by atoms with E-state index in [0.29, 0.717) is 11.8 Å². The van der Waals surface area contributed by atoms with E-state index < -0.39 is 0 Å².